The standard InChI is InChI=1S/C18H25N3O3/c1-24-12-7-19-17(22)15-13-16(15)18(23)21-10-8-20(9-11-21)14-5-3-2-4-6-14/h2-6,15-16H,7-13H2,1H3,(H,19,22). The summed E-state index contributed by atoms with van der Waals surface area (Å²) < 4.78 is 4.91. The van der Waals surface area contributed by atoms with Crippen molar-refractivity contribution in [3.8, 4) is 0 Å². The monoisotopic (exact) mass is 331 g/mol. The van der Waals surface area contributed by atoms with E-state index in [2.05, 4.69) is 22.3 Å². The molecule has 6 heteroatoms. The Morgan fingerprint density at radius 1 is 1.12 bits per heavy atom. The highest BCUT2D eigenvalue weighted by Crippen LogP contribution is 2.40. The van der Waals surface area contributed by atoms with Gasteiger partial charge in [0, 0.05) is 45.5 Å². The molecule has 1 aromatic carbocycles. The van der Waals surface area contributed by atoms with Gasteiger partial charge in [0.1, 0.15) is 0 Å². The third kappa shape index (κ3) is 3.87. The molecule has 6 nitrogen and oxygen atoms in total. The first-order valence-electron chi connectivity index (χ1n) is 8.56. The van der Waals surface area contributed by atoms with Gasteiger partial charge in [-0.2, -0.15) is 0 Å². The van der Waals surface area contributed by atoms with Gasteiger partial charge >= 0.3 is 0 Å². The Balaban J connectivity index is 1.44. The van der Waals surface area contributed by atoms with Gasteiger partial charge < -0.3 is 19.9 Å². The summed E-state index contributed by atoms with van der Waals surface area (Å²) in [7, 11) is 1.60. The summed E-state index contributed by atoms with van der Waals surface area (Å²) in [5, 5.41) is 2.82. The molecular formula is C18H25N3O3. The number of amides is 2. The number of hydrogen-bond donors (Lipinski definition) is 1. The second-order valence-electron chi connectivity index (χ2n) is 6.38. The van der Waals surface area contributed by atoms with Crippen LogP contribution in [0.4, 0.5) is 5.69 Å². The lowest BCUT2D eigenvalue weighted by atomic mass is 10.2. The van der Waals surface area contributed by atoms with E-state index in [1.165, 1.54) is 5.69 Å². The minimum Gasteiger partial charge on any atom is -0.383 e. The van der Waals surface area contributed by atoms with Crippen molar-refractivity contribution in [2.75, 3.05) is 51.3 Å². The van der Waals surface area contributed by atoms with Gasteiger partial charge in [-0.15, -0.1) is 0 Å². The number of rotatable bonds is 6. The minimum atomic E-state index is -0.151. The van der Waals surface area contributed by atoms with E-state index in [-0.39, 0.29) is 23.7 Å². The largest absolute Gasteiger partial charge is 0.383 e. The number of piperazine rings is 1. The van der Waals surface area contributed by atoms with Crippen LogP contribution in [-0.4, -0.2) is 63.2 Å². The second kappa shape index (κ2) is 7.66. The fourth-order valence-electron chi connectivity index (χ4n) is 3.22. The molecule has 2 unspecified atom stereocenters. The molecular weight excluding hydrogens is 306 g/mol. The quantitative estimate of drug-likeness (QED) is 0.781. The van der Waals surface area contributed by atoms with Crippen molar-refractivity contribution in [1.82, 2.24) is 10.2 Å². The molecule has 1 aliphatic heterocycles. The van der Waals surface area contributed by atoms with E-state index in [1.54, 1.807) is 7.11 Å². The smallest absolute Gasteiger partial charge is 0.226 e. The molecule has 2 amide bonds. The molecule has 1 saturated heterocycles. The first-order valence-corrected chi connectivity index (χ1v) is 8.56. The van der Waals surface area contributed by atoms with E-state index in [0.29, 0.717) is 19.6 Å². The number of methoxy groups -OCH3 is 1. The highest BCUT2D eigenvalue weighted by Gasteiger charge is 2.49. The summed E-state index contributed by atoms with van der Waals surface area (Å²) in [4.78, 5) is 28.7. The molecule has 0 bridgehead atoms. The lowest BCUT2D eigenvalue weighted by molar-refractivity contribution is -0.135. The zero-order valence-corrected chi connectivity index (χ0v) is 14.1. The average molecular weight is 331 g/mol. The van der Waals surface area contributed by atoms with Crippen molar-refractivity contribution >= 4 is 17.5 Å². The molecule has 2 fully saturated rings. The van der Waals surface area contributed by atoms with Crippen molar-refractivity contribution in [3.63, 3.8) is 0 Å². The van der Waals surface area contributed by atoms with Gasteiger partial charge in [0.2, 0.25) is 11.8 Å². The molecule has 1 N–H and O–H groups in total. The normalized spacial score (nSPS) is 23.0. The van der Waals surface area contributed by atoms with E-state index in [1.807, 2.05) is 23.1 Å². The van der Waals surface area contributed by atoms with Crippen molar-refractivity contribution in [3.05, 3.63) is 30.3 Å². The molecule has 0 spiro atoms. The van der Waals surface area contributed by atoms with Crippen LogP contribution in [0.3, 0.4) is 0 Å². The number of nitrogens with zero attached hydrogens (tertiary/aromatic N) is 2. The van der Waals surface area contributed by atoms with Crippen molar-refractivity contribution in [2.45, 2.75) is 6.42 Å². The maximum atomic E-state index is 12.6. The van der Waals surface area contributed by atoms with Crippen molar-refractivity contribution in [2.24, 2.45) is 11.8 Å². The van der Waals surface area contributed by atoms with Gasteiger partial charge in [0.05, 0.1) is 18.4 Å². The van der Waals surface area contributed by atoms with E-state index in [9.17, 15) is 9.59 Å². The predicted molar refractivity (Wildman–Crippen MR) is 91.7 cm³/mol. The van der Waals surface area contributed by atoms with Crippen molar-refractivity contribution < 1.29 is 14.3 Å². The van der Waals surface area contributed by atoms with Gasteiger partial charge in [-0.1, -0.05) is 18.2 Å². The average Bonchev–Trinajstić information content (AvgIpc) is 3.43. The maximum absolute atomic E-state index is 12.6. The Morgan fingerprint density at radius 3 is 2.50 bits per heavy atom. The third-order valence-corrected chi connectivity index (χ3v) is 4.76. The highest BCUT2D eigenvalue weighted by atomic mass is 16.5. The van der Waals surface area contributed by atoms with Crippen LogP contribution in [0.25, 0.3) is 0 Å². The van der Waals surface area contributed by atoms with Gasteiger partial charge in [0.15, 0.2) is 0 Å². The molecule has 24 heavy (non-hydrogen) atoms. The van der Waals surface area contributed by atoms with Crippen LogP contribution in [0.2, 0.25) is 0 Å². The molecule has 2 atom stereocenters. The topological polar surface area (TPSA) is 61.9 Å². The van der Waals surface area contributed by atoms with Gasteiger partial charge in [-0.05, 0) is 18.6 Å². The van der Waals surface area contributed by atoms with Crippen LogP contribution in [0.5, 0.6) is 0 Å². The molecule has 1 saturated carbocycles. The van der Waals surface area contributed by atoms with E-state index in [4.69, 9.17) is 4.74 Å². The van der Waals surface area contributed by atoms with Crippen LogP contribution in [0, 0.1) is 11.8 Å². The van der Waals surface area contributed by atoms with Crippen LogP contribution >= 0.6 is 0 Å². The molecule has 1 aliphatic carbocycles. The Hall–Kier alpha value is -2.08. The number of carbonyl (C=O) groups is 2. The lowest BCUT2D eigenvalue weighted by Crippen LogP contribution is -2.49. The third-order valence-electron chi connectivity index (χ3n) is 4.76. The Kier molecular flexibility index (Phi) is 5.35. The van der Waals surface area contributed by atoms with Crippen molar-refractivity contribution in [1.29, 1.82) is 0 Å². The number of nitrogens with one attached hydrogen (secondary N) is 1. The molecule has 3 rings (SSSR count). The molecule has 1 aromatic rings. The summed E-state index contributed by atoms with van der Waals surface area (Å²) in [6.45, 7) is 4.13. The molecule has 0 radical (unpaired) electrons. The molecule has 0 aromatic heterocycles. The first-order chi connectivity index (χ1) is 11.7. The van der Waals surface area contributed by atoms with Crippen LogP contribution in [0.15, 0.2) is 30.3 Å². The Morgan fingerprint density at radius 2 is 1.83 bits per heavy atom. The molecule has 130 valence electrons. The number of ether oxygens (including phenoxy) is 1. The summed E-state index contributed by atoms with van der Waals surface area (Å²) in [5.41, 5.74) is 1.20. The van der Waals surface area contributed by atoms with Gasteiger partial charge in [0.25, 0.3) is 0 Å². The van der Waals surface area contributed by atoms with E-state index >= 15 is 0 Å². The SMILES string of the molecule is COCCNC(=O)C1CC1C(=O)N1CCN(c2ccccc2)CC1. The zero-order chi connectivity index (χ0) is 16.9. The van der Waals surface area contributed by atoms with Gasteiger partial charge in [-0.3, -0.25) is 9.59 Å². The Labute approximate surface area is 142 Å². The number of carbonyl (C=O) groups excluding carboxylic acids is 2. The first kappa shape index (κ1) is 16.8. The van der Waals surface area contributed by atoms with E-state index in [0.717, 1.165) is 26.2 Å². The summed E-state index contributed by atoms with van der Waals surface area (Å²) in [6.07, 6.45) is 0.677. The summed E-state index contributed by atoms with van der Waals surface area (Å²) in [5.74, 6) is -0.166. The Bertz CT molecular complexity index is 570. The summed E-state index contributed by atoms with van der Waals surface area (Å²) in [6, 6.07) is 10.3. The lowest BCUT2D eigenvalue weighted by Gasteiger charge is -2.36. The maximum Gasteiger partial charge on any atom is 0.226 e. The minimum absolute atomic E-state index is 0.0201. The molecule has 1 heterocycles. The number of para-hydroxylation sites is 1. The van der Waals surface area contributed by atoms with Crippen LogP contribution < -0.4 is 10.2 Å². The van der Waals surface area contributed by atoms with Gasteiger partial charge in [-0.25, -0.2) is 0 Å². The second-order valence-corrected chi connectivity index (χ2v) is 6.38. The van der Waals surface area contributed by atoms with Crippen LogP contribution in [-0.2, 0) is 14.3 Å². The zero-order valence-electron chi connectivity index (χ0n) is 14.1. The summed E-state index contributed by atoms with van der Waals surface area (Å²) >= 11 is 0. The number of anilines is 1. The number of benzene rings is 1. The number of hydrogen-bond acceptors (Lipinski definition) is 4. The fraction of sp³-hybridized carbons (Fsp3) is 0.556. The fourth-order valence-corrected chi connectivity index (χ4v) is 3.22. The predicted octanol–water partition coefficient (Wildman–Crippen LogP) is 0.734. The highest BCUT2D eigenvalue weighted by molar-refractivity contribution is 5.92. The van der Waals surface area contributed by atoms with E-state index < -0.39 is 0 Å². The van der Waals surface area contributed by atoms with Crippen LogP contribution in [0.1, 0.15) is 6.42 Å². The molecule has 2 aliphatic rings.